The third kappa shape index (κ3) is 4.12. The molecule has 0 aliphatic carbocycles. The highest BCUT2D eigenvalue weighted by molar-refractivity contribution is 7.18. The van der Waals surface area contributed by atoms with Gasteiger partial charge in [-0.05, 0) is 36.8 Å². The van der Waals surface area contributed by atoms with Crippen LogP contribution in [-0.2, 0) is 11.3 Å². The zero-order chi connectivity index (χ0) is 17.1. The molecule has 1 heterocycles. The maximum Gasteiger partial charge on any atom is 0.279 e. The van der Waals surface area contributed by atoms with E-state index in [1.54, 1.807) is 17.4 Å². The molecule has 24 heavy (non-hydrogen) atoms. The predicted octanol–water partition coefficient (Wildman–Crippen LogP) is 2.91. The van der Waals surface area contributed by atoms with Gasteiger partial charge in [-0.1, -0.05) is 29.8 Å². The predicted molar refractivity (Wildman–Crippen MR) is 99.9 cm³/mol. The first kappa shape index (κ1) is 16.9. The Labute approximate surface area is 150 Å². The minimum Gasteiger partial charge on any atom is -0.324 e. The van der Waals surface area contributed by atoms with Crippen molar-refractivity contribution in [3.63, 3.8) is 0 Å². The fourth-order valence-corrected chi connectivity index (χ4v) is 3.73. The summed E-state index contributed by atoms with van der Waals surface area (Å²) in [6.07, 6.45) is 0. The molecule has 0 aliphatic heterocycles. The quantitative estimate of drug-likeness (QED) is 0.735. The molecule has 2 aromatic carbocycles. The van der Waals surface area contributed by atoms with Crippen LogP contribution in [0.1, 0.15) is 10.6 Å². The molecule has 0 fully saturated rings. The number of hydrogen-bond donors (Lipinski definition) is 2. The Hall–Kier alpha value is -1.95. The number of quaternary nitrogens is 1. The first-order valence-electron chi connectivity index (χ1n) is 7.73. The van der Waals surface area contributed by atoms with Crippen LogP contribution in [0, 0.1) is 6.92 Å². The van der Waals surface area contributed by atoms with E-state index in [1.807, 2.05) is 44.3 Å². The van der Waals surface area contributed by atoms with Gasteiger partial charge in [0.2, 0.25) is 0 Å². The summed E-state index contributed by atoms with van der Waals surface area (Å²) >= 11 is 7.76. The topological polar surface area (TPSA) is 46.4 Å². The zero-order valence-corrected chi connectivity index (χ0v) is 15.2. The number of nitrogens with one attached hydrogen (secondary N) is 2. The third-order valence-corrected chi connectivity index (χ3v) is 5.15. The number of aryl methyl sites for hydroxylation is 1. The van der Waals surface area contributed by atoms with Crippen LogP contribution in [0.2, 0.25) is 5.02 Å². The highest BCUT2D eigenvalue weighted by atomic mass is 35.5. The number of amides is 1. The van der Waals surface area contributed by atoms with E-state index in [0.29, 0.717) is 11.6 Å². The monoisotopic (exact) mass is 360 g/mol. The molecule has 0 saturated carbocycles. The van der Waals surface area contributed by atoms with E-state index >= 15 is 0 Å². The molecule has 1 unspecified atom stereocenters. The number of nitrogens with zero attached hydrogens (tertiary/aromatic N) is 1. The molecule has 1 atom stereocenters. The molecule has 1 amide bonds. The number of hydrogen-bond acceptors (Lipinski definition) is 3. The Bertz CT molecular complexity index is 845. The standard InChI is InChI=1S/C18H18ClN3OS/c1-12-7-8-13(9-14(12)19)20-17(23)10-22(2)11-18-21-15-5-3-4-6-16(15)24-18/h3-9H,10-11H2,1-2H3,(H,20,23)/p+1. The molecule has 1 aromatic heterocycles. The molecule has 3 rings (SSSR count). The van der Waals surface area contributed by atoms with Crippen LogP contribution in [0.5, 0.6) is 0 Å². The van der Waals surface area contributed by atoms with E-state index in [-0.39, 0.29) is 5.91 Å². The Kier molecular flexibility index (Phi) is 5.14. The van der Waals surface area contributed by atoms with Crippen molar-refractivity contribution in [1.82, 2.24) is 4.98 Å². The lowest BCUT2D eigenvalue weighted by molar-refractivity contribution is -0.885. The average molecular weight is 361 g/mol. The summed E-state index contributed by atoms with van der Waals surface area (Å²) < 4.78 is 1.18. The second-order valence-electron chi connectivity index (χ2n) is 5.90. The van der Waals surface area contributed by atoms with Crippen molar-refractivity contribution in [2.45, 2.75) is 13.5 Å². The van der Waals surface area contributed by atoms with Crippen molar-refractivity contribution < 1.29 is 9.69 Å². The van der Waals surface area contributed by atoms with Gasteiger partial charge in [0.1, 0.15) is 11.6 Å². The summed E-state index contributed by atoms with van der Waals surface area (Å²) in [5.74, 6) is -0.0338. The van der Waals surface area contributed by atoms with E-state index in [9.17, 15) is 4.79 Å². The number of anilines is 1. The van der Waals surface area contributed by atoms with E-state index in [1.165, 1.54) is 4.70 Å². The molecule has 0 spiro atoms. The summed E-state index contributed by atoms with van der Waals surface area (Å²) in [5, 5.41) is 4.59. The summed E-state index contributed by atoms with van der Waals surface area (Å²) in [6.45, 7) is 3.03. The Morgan fingerprint density at radius 3 is 2.83 bits per heavy atom. The number of thiazole rings is 1. The average Bonchev–Trinajstić information content (AvgIpc) is 2.92. The van der Waals surface area contributed by atoms with Gasteiger partial charge in [0, 0.05) is 10.7 Å². The van der Waals surface area contributed by atoms with Crippen LogP contribution < -0.4 is 10.2 Å². The van der Waals surface area contributed by atoms with Gasteiger partial charge in [-0.25, -0.2) is 4.98 Å². The highest BCUT2D eigenvalue weighted by Crippen LogP contribution is 2.21. The lowest BCUT2D eigenvalue weighted by atomic mass is 10.2. The van der Waals surface area contributed by atoms with Crippen molar-refractivity contribution in [3.05, 3.63) is 58.1 Å². The molecule has 0 bridgehead atoms. The molecule has 3 aromatic rings. The fraction of sp³-hybridized carbons (Fsp3) is 0.222. The minimum absolute atomic E-state index is 0.0338. The highest BCUT2D eigenvalue weighted by Gasteiger charge is 2.14. The fourth-order valence-electron chi connectivity index (χ4n) is 2.47. The van der Waals surface area contributed by atoms with Crippen molar-refractivity contribution in [2.24, 2.45) is 0 Å². The Morgan fingerprint density at radius 1 is 1.29 bits per heavy atom. The molecular weight excluding hydrogens is 342 g/mol. The van der Waals surface area contributed by atoms with Gasteiger partial charge in [0.25, 0.3) is 5.91 Å². The van der Waals surface area contributed by atoms with Crippen molar-refractivity contribution in [1.29, 1.82) is 0 Å². The van der Waals surface area contributed by atoms with Gasteiger partial charge in [0.05, 0.1) is 17.3 Å². The van der Waals surface area contributed by atoms with Crippen LogP contribution >= 0.6 is 22.9 Å². The lowest BCUT2D eigenvalue weighted by Gasteiger charge is -2.12. The van der Waals surface area contributed by atoms with Gasteiger partial charge in [-0.3, -0.25) is 4.79 Å². The third-order valence-electron chi connectivity index (χ3n) is 3.71. The van der Waals surface area contributed by atoms with Crippen LogP contribution in [0.4, 0.5) is 5.69 Å². The summed E-state index contributed by atoms with van der Waals surface area (Å²) in [7, 11) is 1.99. The normalized spacial score (nSPS) is 12.3. The molecule has 0 radical (unpaired) electrons. The van der Waals surface area contributed by atoms with E-state index in [2.05, 4.69) is 16.4 Å². The number of likely N-dealkylation sites (N-methyl/N-ethyl adjacent to an activating group) is 1. The number of halogens is 1. The van der Waals surface area contributed by atoms with Crippen LogP contribution in [0.15, 0.2) is 42.5 Å². The Morgan fingerprint density at radius 2 is 2.08 bits per heavy atom. The maximum absolute atomic E-state index is 12.2. The molecule has 2 N–H and O–H groups in total. The molecular formula is C18H19ClN3OS+. The smallest absolute Gasteiger partial charge is 0.279 e. The van der Waals surface area contributed by atoms with Gasteiger partial charge in [0.15, 0.2) is 6.54 Å². The lowest BCUT2D eigenvalue weighted by Crippen LogP contribution is -3.08. The first-order valence-corrected chi connectivity index (χ1v) is 8.92. The number of fused-ring (bicyclic) bond motifs is 1. The first-order chi connectivity index (χ1) is 11.5. The van der Waals surface area contributed by atoms with E-state index in [0.717, 1.165) is 33.2 Å². The molecule has 6 heteroatoms. The van der Waals surface area contributed by atoms with Gasteiger partial charge < -0.3 is 10.2 Å². The number of aromatic nitrogens is 1. The number of carbonyl (C=O) groups is 1. The van der Waals surface area contributed by atoms with Gasteiger partial charge in [-0.2, -0.15) is 0 Å². The van der Waals surface area contributed by atoms with Gasteiger partial charge >= 0.3 is 0 Å². The maximum atomic E-state index is 12.2. The number of carbonyl (C=O) groups excluding carboxylic acids is 1. The van der Waals surface area contributed by atoms with Crippen molar-refractivity contribution in [3.8, 4) is 0 Å². The van der Waals surface area contributed by atoms with Crippen LogP contribution in [0.25, 0.3) is 10.2 Å². The van der Waals surface area contributed by atoms with Crippen molar-refractivity contribution >= 4 is 44.7 Å². The summed E-state index contributed by atoms with van der Waals surface area (Å²) in [5.41, 5.74) is 2.74. The molecule has 0 aliphatic rings. The van der Waals surface area contributed by atoms with E-state index < -0.39 is 0 Å². The number of rotatable bonds is 5. The second-order valence-corrected chi connectivity index (χ2v) is 7.42. The zero-order valence-electron chi connectivity index (χ0n) is 13.6. The molecule has 0 saturated heterocycles. The summed E-state index contributed by atoms with van der Waals surface area (Å²) in [4.78, 5) is 17.9. The van der Waals surface area contributed by atoms with Crippen molar-refractivity contribution in [2.75, 3.05) is 18.9 Å². The largest absolute Gasteiger partial charge is 0.324 e. The van der Waals surface area contributed by atoms with Crippen LogP contribution in [-0.4, -0.2) is 24.5 Å². The molecule has 124 valence electrons. The van der Waals surface area contributed by atoms with E-state index in [4.69, 9.17) is 11.6 Å². The number of para-hydroxylation sites is 1. The SMILES string of the molecule is Cc1ccc(NC(=O)C[NH+](C)Cc2nc3ccccc3s2)cc1Cl. The number of benzene rings is 2. The van der Waals surface area contributed by atoms with Crippen LogP contribution in [0.3, 0.4) is 0 Å². The summed E-state index contributed by atoms with van der Waals surface area (Å²) in [6, 6.07) is 13.6. The molecule has 4 nitrogen and oxygen atoms in total. The Balaban J connectivity index is 1.58. The van der Waals surface area contributed by atoms with Gasteiger partial charge in [-0.15, -0.1) is 11.3 Å². The second kappa shape index (κ2) is 7.30. The minimum atomic E-state index is -0.0338.